The summed E-state index contributed by atoms with van der Waals surface area (Å²) in [6.45, 7) is 9.79. The van der Waals surface area contributed by atoms with Crippen molar-refractivity contribution in [3.05, 3.63) is 125 Å². The van der Waals surface area contributed by atoms with Gasteiger partial charge in [-0.3, -0.25) is 0 Å². The van der Waals surface area contributed by atoms with Gasteiger partial charge in [0.1, 0.15) is 28.6 Å². The van der Waals surface area contributed by atoms with E-state index in [0.29, 0.717) is 33.6 Å². The molecule has 0 aromatic heterocycles. The maximum atomic E-state index is 11.3. The van der Waals surface area contributed by atoms with Gasteiger partial charge in [-0.1, -0.05) is 48.0 Å². The van der Waals surface area contributed by atoms with E-state index < -0.39 is 0 Å². The summed E-state index contributed by atoms with van der Waals surface area (Å²) in [6, 6.07) is 30.1. The minimum Gasteiger partial charge on any atom is -0.506 e. The predicted octanol–water partition coefficient (Wildman–Crippen LogP) is 13.1. The highest BCUT2D eigenvalue weighted by atomic mass is 16.3. The Hall–Kier alpha value is -6.48. The van der Waals surface area contributed by atoms with E-state index in [1.54, 1.807) is 24.3 Å². The summed E-state index contributed by atoms with van der Waals surface area (Å²) in [5.41, 5.74) is 7.29. The van der Waals surface area contributed by atoms with Crippen molar-refractivity contribution in [2.24, 2.45) is 30.7 Å². The first-order chi connectivity index (χ1) is 24.0. The molecule has 0 aliphatic heterocycles. The van der Waals surface area contributed by atoms with E-state index in [9.17, 15) is 15.3 Å². The average molecular weight is 659 g/mol. The first-order valence-electron chi connectivity index (χ1n) is 16.1. The van der Waals surface area contributed by atoms with Crippen molar-refractivity contribution < 1.29 is 15.3 Å². The molecule has 0 saturated carbocycles. The van der Waals surface area contributed by atoms with Crippen LogP contribution in [-0.2, 0) is 0 Å². The van der Waals surface area contributed by atoms with E-state index in [1.165, 1.54) is 11.5 Å². The molecule has 9 heteroatoms. The first-order valence-corrected chi connectivity index (χ1v) is 16.1. The number of hydrogen-bond donors (Lipinski definition) is 3. The maximum Gasteiger partial charge on any atom is 0.151 e. The largest absolute Gasteiger partial charge is 0.506 e. The van der Waals surface area contributed by atoms with Crippen LogP contribution in [-0.4, -0.2) is 15.3 Å². The zero-order valence-corrected chi connectivity index (χ0v) is 28.3. The number of hydrogen-bond acceptors (Lipinski definition) is 9. The standard InChI is InChI=1S/C41H34N6O3/c1-22-9-13-33-28(15-22)17-26(5)40(49)39(33)47-43-29-11-10-27-16-25(4)38(41(50)35(27)19-29)46-45-36-14-12-30(21-37(36)48)42-44-31-18-24(3)32-8-6-7-23(2)34(32)20-31/h6-21,48-50H,1-5H3. The molecule has 50 heavy (non-hydrogen) atoms. The molecule has 0 aliphatic rings. The Morgan fingerprint density at radius 2 is 1.10 bits per heavy atom. The molecule has 7 rings (SSSR count). The molecule has 0 spiro atoms. The van der Waals surface area contributed by atoms with Gasteiger partial charge in [-0.2, -0.15) is 15.3 Å². The fourth-order valence-electron chi connectivity index (χ4n) is 6.16. The SMILES string of the molecule is Cc1ccc2c(N=Nc3ccc4cc(C)c(N=Nc5ccc(N=Nc6cc(C)c7cccc(C)c7c6)cc5O)c(O)c4c3)c(O)c(C)cc2c1. The highest BCUT2D eigenvalue weighted by molar-refractivity contribution is 5.97. The van der Waals surface area contributed by atoms with Crippen molar-refractivity contribution in [2.45, 2.75) is 34.6 Å². The predicted molar refractivity (Wildman–Crippen MR) is 199 cm³/mol. The molecule has 0 saturated heterocycles. The van der Waals surface area contributed by atoms with Gasteiger partial charge in [-0.05, 0) is 127 Å². The zero-order chi connectivity index (χ0) is 35.1. The van der Waals surface area contributed by atoms with Crippen molar-refractivity contribution in [3.8, 4) is 17.2 Å². The number of aromatic hydroxyl groups is 3. The highest BCUT2D eigenvalue weighted by Crippen LogP contribution is 2.43. The van der Waals surface area contributed by atoms with Crippen LogP contribution in [0.15, 0.2) is 128 Å². The van der Waals surface area contributed by atoms with Crippen LogP contribution in [0.25, 0.3) is 32.3 Å². The summed E-state index contributed by atoms with van der Waals surface area (Å²) in [6.07, 6.45) is 0. The second-order valence-corrected chi connectivity index (χ2v) is 12.6. The Labute approximate surface area is 288 Å². The quantitative estimate of drug-likeness (QED) is 0.153. The Morgan fingerprint density at radius 1 is 0.400 bits per heavy atom. The minimum atomic E-state index is -0.126. The summed E-state index contributed by atoms with van der Waals surface area (Å²) in [4.78, 5) is 0. The Bertz CT molecular complexity index is 2590. The van der Waals surface area contributed by atoms with Gasteiger partial charge in [0, 0.05) is 16.8 Å². The number of fused-ring (bicyclic) bond motifs is 3. The molecule has 0 heterocycles. The van der Waals surface area contributed by atoms with Crippen LogP contribution in [0.5, 0.6) is 17.2 Å². The fourth-order valence-corrected chi connectivity index (χ4v) is 6.16. The summed E-state index contributed by atoms with van der Waals surface area (Å²) in [5.74, 6) is -0.133. The number of phenolic OH excluding ortho intramolecular Hbond substituents is 3. The minimum absolute atomic E-state index is 0.0708. The molecular weight excluding hydrogens is 624 g/mol. The normalized spacial score (nSPS) is 12.1. The van der Waals surface area contributed by atoms with Crippen LogP contribution in [0, 0.1) is 34.6 Å². The number of phenols is 3. The third kappa shape index (κ3) is 6.12. The van der Waals surface area contributed by atoms with E-state index in [4.69, 9.17) is 0 Å². The summed E-state index contributed by atoms with van der Waals surface area (Å²) in [7, 11) is 0. The zero-order valence-electron chi connectivity index (χ0n) is 28.3. The molecule has 0 amide bonds. The van der Waals surface area contributed by atoms with E-state index in [-0.39, 0.29) is 28.6 Å². The van der Waals surface area contributed by atoms with E-state index in [0.717, 1.165) is 43.9 Å². The lowest BCUT2D eigenvalue weighted by Crippen LogP contribution is -1.82. The van der Waals surface area contributed by atoms with Crippen molar-refractivity contribution in [1.82, 2.24) is 0 Å². The molecule has 0 radical (unpaired) electrons. The van der Waals surface area contributed by atoms with Crippen LogP contribution in [0.4, 0.5) is 34.1 Å². The average Bonchev–Trinajstić information content (AvgIpc) is 3.09. The Kier molecular flexibility index (Phi) is 8.25. The highest BCUT2D eigenvalue weighted by Gasteiger charge is 2.14. The van der Waals surface area contributed by atoms with Gasteiger partial charge in [0.05, 0.1) is 17.1 Å². The number of rotatable bonds is 6. The van der Waals surface area contributed by atoms with E-state index in [2.05, 4.69) is 49.7 Å². The van der Waals surface area contributed by atoms with Gasteiger partial charge < -0.3 is 15.3 Å². The fraction of sp³-hybridized carbons (Fsp3) is 0.122. The van der Waals surface area contributed by atoms with Crippen LogP contribution >= 0.6 is 0 Å². The molecule has 246 valence electrons. The van der Waals surface area contributed by atoms with Gasteiger partial charge in [0.2, 0.25) is 0 Å². The smallest absolute Gasteiger partial charge is 0.151 e. The summed E-state index contributed by atoms with van der Waals surface area (Å²) < 4.78 is 0. The van der Waals surface area contributed by atoms with Gasteiger partial charge in [-0.25, -0.2) is 0 Å². The van der Waals surface area contributed by atoms with Gasteiger partial charge in [-0.15, -0.1) is 15.3 Å². The van der Waals surface area contributed by atoms with Crippen molar-refractivity contribution in [3.63, 3.8) is 0 Å². The van der Waals surface area contributed by atoms with E-state index in [1.807, 2.05) is 82.3 Å². The lowest BCUT2D eigenvalue weighted by Gasteiger charge is -2.09. The lowest BCUT2D eigenvalue weighted by atomic mass is 10.0. The number of azo groups is 3. The van der Waals surface area contributed by atoms with Crippen molar-refractivity contribution >= 4 is 66.4 Å². The molecule has 0 bridgehead atoms. The number of aryl methyl sites for hydroxylation is 5. The van der Waals surface area contributed by atoms with Crippen molar-refractivity contribution in [1.29, 1.82) is 0 Å². The van der Waals surface area contributed by atoms with Crippen LogP contribution < -0.4 is 0 Å². The molecule has 0 unspecified atom stereocenters. The third-order valence-corrected chi connectivity index (χ3v) is 8.86. The molecule has 7 aromatic rings. The second kappa shape index (κ2) is 12.9. The number of nitrogens with zero attached hydrogens (tertiary/aromatic N) is 6. The van der Waals surface area contributed by atoms with Crippen LogP contribution in [0.2, 0.25) is 0 Å². The van der Waals surface area contributed by atoms with Crippen molar-refractivity contribution in [2.75, 3.05) is 0 Å². The monoisotopic (exact) mass is 658 g/mol. The second-order valence-electron chi connectivity index (χ2n) is 12.6. The maximum absolute atomic E-state index is 11.3. The topological polar surface area (TPSA) is 135 Å². The Balaban J connectivity index is 1.15. The lowest BCUT2D eigenvalue weighted by molar-refractivity contribution is 0.473. The Morgan fingerprint density at radius 3 is 1.92 bits per heavy atom. The first kappa shape index (κ1) is 32.1. The summed E-state index contributed by atoms with van der Waals surface area (Å²) >= 11 is 0. The molecule has 9 nitrogen and oxygen atoms in total. The van der Waals surface area contributed by atoms with Gasteiger partial charge in [0.15, 0.2) is 5.75 Å². The molecule has 0 atom stereocenters. The number of benzene rings is 7. The van der Waals surface area contributed by atoms with Gasteiger partial charge in [0.25, 0.3) is 0 Å². The molecule has 3 N–H and O–H groups in total. The van der Waals surface area contributed by atoms with Crippen LogP contribution in [0.3, 0.4) is 0 Å². The van der Waals surface area contributed by atoms with Gasteiger partial charge >= 0.3 is 0 Å². The summed E-state index contributed by atoms with van der Waals surface area (Å²) in [5, 5.41) is 64.3. The molecule has 7 aromatic carbocycles. The molecular formula is C41H34N6O3. The van der Waals surface area contributed by atoms with E-state index >= 15 is 0 Å². The molecule has 0 fully saturated rings. The van der Waals surface area contributed by atoms with Crippen LogP contribution in [0.1, 0.15) is 27.8 Å². The third-order valence-electron chi connectivity index (χ3n) is 8.86. The molecule has 0 aliphatic carbocycles.